The Kier molecular flexibility index (Phi) is 3.25. The van der Waals surface area contributed by atoms with E-state index >= 15 is 0 Å². The summed E-state index contributed by atoms with van der Waals surface area (Å²) in [6, 6.07) is 14.1. The zero-order chi connectivity index (χ0) is 13.2. The van der Waals surface area contributed by atoms with Crippen LogP contribution in [-0.4, -0.2) is 14.7 Å². The topological polar surface area (TPSA) is 69.4 Å². The van der Waals surface area contributed by atoms with Crippen LogP contribution in [0.4, 0.5) is 5.69 Å². The predicted octanol–water partition coefficient (Wildman–Crippen LogP) is 2.27. The Morgan fingerprint density at radius 1 is 0.944 bits per heavy atom. The van der Waals surface area contributed by atoms with Crippen molar-refractivity contribution in [2.45, 2.75) is 0 Å². The first-order valence-electron chi connectivity index (χ1n) is 5.31. The second kappa shape index (κ2) is 4.70. The molecule has 2 aromatic carbocycles. The molecule has 0 aliphatic carbocycles. The molecule has 0 aromatic heterocycles. The van der Waals surface area contributed by atoms with Gasteiger partial charge in [-0.05, 0) is 12.1 Å². The highest BCUT2D eigenvalue weighted by Crippen LogP contribution is 2.33. The van der Waals surface area contributed by atoms with Crippen LogP contribution in [0, 0.1) is 0 Å². The Hall–Kier alpha value is -2.01. The van der Waals surface area contributed by atoms with Gasteiger partial charge >= 0.3 is 10.1 Å². The lowest BCUT2D eigenvalue weighted by molar-refractivity contribution is 0.494. The van der Waals surface area contributed by atoms with E-state index in [1.165, 1.54) is 0 Å². The van der Waals surface area contributed by atoms with Gasteiger partial charge < -0.3 is 9.92 Å². The molecular weight excluding hydrogens is 250 g/mol. The van der Waals surface area contributed by atoms with Crippen LogP contribution in [-0.2, 0) is 10.1 Å². The Morgan fingerprint density at radius 3 is 2.11 bits per heavy atom. The van der Waals surface area contributed by atoms with Crippen molar-refractivity contribution in [1.82, 2.24) is 0 Å². The second-order valence-electron chi connectivity index (χ2n) is 3.87. The molecular formula is C13H13NO3S. The summed E-state index contributed by atoms with van der Waals surface area (Å²) >= 11 is 0. The Balaban J connectivity index is 2.56. The van der Waals surface area contributed by atoms with Crippen molar-refractivity contribution >= 4 is 15.8 Å². The monoisotopic (exact) mass is 263 g/mol. The van der Waals surface area contributed by atoms with Crippen molar-refractivity contribution in [3.8, 4) is 16.9 Å². The van der Waals surface area contributed by atoms with E-state index in [1.807, 2.05) is 18.2 Å². The van der Waals surface area contributed by atoms with Crippen LogP contribution in [0.1, 0.15) is 0 Å². The molecule has 0 atom stereocenters. The average Bonchev–Trinajstić information content (AvgIpc) is 2.29. The Labute approximate surface area is 106 Å². The van der Waals surface area contributed by atoms with Crippen LogP contribution < -0.4 is 9.92 Å². The summed E-state index contributed by atoms with van der Waals surface area (Å²) in [6.07, 6.45) is 1.01. The molecule has 2 rings (SSSR count). The number of hydrogen-bond acceptors (Lipinski definition) is 4. The lowest BCUT2D eigenvalue weighted by atomic mass is 10.0. The molecule has 0 bridgehead atoms. The van der Waals surface area contributed by atoms with Gasteiger partial charge in [-0.25, -0.2) is 0 Å². The van der Waals surface area contributed by atoms with Crippen LogP contribution in [0.15, 0.2) is 48.5 Å². The van der Waals surface area contributed by atoms with E-state index < -0.39 is 10.1 Å². The van der Waals surface area contributed by atoms with E-state index in [0.717, 1.165) is 11.8 Å². The summed E-state index contributed by atoms with van der Waals surface area (Å²) in [6.45, 7) is 0. The first kappa shape index (κ1) is 12.4. The molecule has 0 saturated heterocycles. The highest BCUT2D eigenvalue weighted by Gasteiger charge is 2.12. The van der Waals surface area contributed by atoms with E-state index in [4.69, 9.17) is 9.92 Å². The minimum Gasteiger partial charge on any atom is -0.398 e. The summed E-state index contributed by atoms with van der Waals surface area (Å²) in [7, 11) is -3.56. The van der Waals surface area contributed by atoms with E-state index in [9.17, 15) is 8.42 Å². The third kappa shape index (κ3) is 2.81. The summed E-state index contributed by atoms with van der Waals surface area (Å²) in [4.78, 5) is 0. The van der Waals surface area contributed by atoms with Gasteiger partial charge in [-0.3, -0.25) is 0 Å². The number of rotatable bonds is 3. The van der Waals surface area contributed by atoms with E-state index in [1.54, 1.807) is 30.3 Å². The Morgan fingerprint density at radius 2 is 1.50 bits per heavy atom. The zero-order valence-electron chi connectivity index (χ0n) is 9.83. The minimum atomic E-state index is -3.56. The van der Waals surface area contributed by atoms with Crippen LogP contribution >= 0.6 is 0 Å². The number of nitrogen functional groups attached to an aromatic ring is 1. The van der Waals surface area contributed by atoms with E-state index in [2.05, 4.69) is 0 Å². The smallest absolute Gasteiger partial charge is 0.306 e. The molecule has 0 aliphatic heterocycles. The SMILES string of the molecule is CS(=O)(=O)Oc1ccccc1-c1ccccc1N. The molecule has 94 valence electrons. The maximum atomic E-state index is 11.2. The molecule has 2 N–H and O–H groups in total. The molecule has 0 aliphatic rings. The molecule has 18 heavy (non-hydrogen) atoms. The maximum absolute atomic E-state index is 11.2. The van der Waals surface area contributed by atoms with Crippen molar-refractivity contribution in [2.24, 2.45) is 0 Å². The predicted molar refractivity (Wildman–Crippen MR) is 71.8 cm³/mol. The van der Waals surface area contributed by atoms with Crippen LogP contribution in [0.2, 0.25) is 0 Å². The summed E-state index contributed by atoms with van der Waals surface area (Å²) in [5.41, 5.74) is 7.85. The number of para-hydroxylation sites is 2. The lowest BCUT2D eigenvalue weighted by Crippen LogP contribution is -2.06. The van der Waals surface area contributed by atoms with Crippen molar-refractivity contribution in [3.63, 3.8) is 0 Å². The number of nitrogens with two attached hydrogens (primary N) is 1. The molecule has 0 unspecified atom stereocenters. The number of benzene rings is 2. The van der Waals surface area contributed by atoms with Gasteiger partial charge in [0.05, 0.1) is 6.26 Å². The van der Waals surface area contributed by atoms with Crippen molar-refractivity contribution in [1.29, 1.82) is 0 Å². The third-order valence-corrected chi connectivity index (χ3v) is 2.86. The standard InChI is InChI=1S/C13H13NO3S/c1-18(15,16)17-13-9-5-3-7-11(13)10-6-2-4-8-12(10)14/h2-9H,14H2,1H3. The molecule has 0 spiro atoms. The van der Waals surface area contributed by atoms with Gasteiger partial charge in [0.2, 0.25) is 0 Å². The van der Waals surface area contributed by atoms with Gasteiger partial charge in [0, 0.05) is 16.8 Å². The third-order valence-electron chi connectivity index (χ3n) is 2.38. The van der Waals surface area contributed by atoms with Gasteiger partial charge in [-0.2, -0.15) is 8.42 Å². The first-order valence-corrected chi connectivity index (χ1v) is 7.12. The normalized spacial score (nSPS) is 11.2. The number of hydrogen-bond donors (Lipinski definition) is 1. The molecule has 0 amide bonds. The molecule has 0 heterocycles. The maximum Gasteiger partial charge on any atom is 0.306 e. The second-order valence-corrected chi connectivity index (χ2v) is 5.45. The van der Waals surface area contributed by atoms with Crippen molar-refractivity contribution in [2.75, 3.05) is 12.0 Å². The number of anilines is 1. The van der Waals surface area contributed by atoms with Crippen LogP contribution in [0.3, 0.4) is 0 Å². The van der Waals surface area contributed by atoms with Gasteiger partial charge in [-0.15, -0.1) is 0 Å². The highest BCUT2D eigenvalue weighted by molar-refractivity contribution is 7.86. The molecule has 0 fully saturated rings. The average molecular weight is 263 g/mol. The molecule has 2 aromatic rings. The molecule has 4 nitrogen and oxygen atoms in total. The van der Waals surface area contributed by atoms with Crippen LogP contribution in [0.25, 0.3) is 11.1 Å². The molecule has 0 radical (unpaired) electrons. The van der Waals surface area contributed by atoms with Crippen molar-refractivity contribution in [3.05, 3.63) is 48.5 Å². The molecule has 5 heteroatoms. The quantitative estimate of drug-likeness (QED) is 0.681. The summed E-state index contributed by atoms with van der Waals surface area (Å²) in [5, 5.41) is 0. The summed E-state index contributed by atoms with van der Waals surface area (Å²) < 4.78 is 27.4. The molecule has 0 saturated carbocycles. The summed E-state index contributed by atoms with van der Waals surface area (Å²) in [5.74, 6) is 0.276. The largest absolute Gasteiger partial charge is 0.398 e. The van der Waals surface area contributed by atoms with Crippen LogP contribution in [0.5, 0.6) is 5.75 Å². The lowest BCUT2D eigenvalue weighted by Gasteiger charge is -2.11. The van der Waals surface area contributed by atoms with E-state index in [-0.39, 0.29) is 5.75 Å². The van der Waals surface area contributed by atoms with Gasteiger partial charge in [0.25, 0.3) is 0 Å². The zero-order valence-corrected chi connectivity index (χ0v) is 10.6. The van der Waals surface area contributed by atoms with Crippen molar-refractivity contribution < 1.29 is 12.6 Å². The van der Waals surface area contributed by atoms with E-state index in [0.29, 0.717) is 11.3 Å². The fraction of sp³-hybridized carbons (Fsp3) is 0.0769. The first-order chi connectivity index (χ1) is 8.47. The van der Waals surface area contributed by atoms with Gasteiger partial charge in [0.15, 0.2) is 0 Å². The minimum absolute atomic E-state index is 0.276. The Bertz CT molecular complexity index is 665. The fourth-order valence-corrected chi connectivity index (χ4v) is 2.14. The fourth-order valence-electron chi connectivity index (χ4n) is 1.67. The van der Waals surface area contributed by atoms with Gasteiger partial charge in [-0.1, -0.05) is 36.4 Å². The van der Waals surface area contributed by atoms with Gasteiger partial charge in [0.1, 0.15) is 5.75 Å². The highest BCUT2D eigenvalue weighted by atomic mass is 32.2.